The van der Waals surface area contributed by atoms with E-state index in [2.05, 4.69) is 3.24 Å². The van der Waals surface area contributed by atoms with E-state index in [0.717, 1.165) is 0 Å². The number of aliphatic carboxylic acids is 2. The van der Waals surface area contributed by atoms with Crippen molar-refractivity contribution >= 4 is 17.9 Å². The van der Waals surface area contributed by atoms with E-state index in [1.807, 2.05) is 0 Å². The zero-order chi connectivity index (χ0) is 11.4. The summed E-state index contributed by atoms with van der Waals surface area (Å²) in [6.45, 7) is 0. The maximum Gasteiger partial charge on any atom is 0 e. The number of carboxylic acid groups (broad SMARTS) is 2. The van der Waals surface area contributed by atoms with Crippen LogP contribution in [0.1, 0.15) is 12.8 Å². The minimum Gasteiger partial charge on any atom is 0 e. The minimum atomic E-state index is -2.62. The first-order chi connectivity index (χ1) is 6.31. The molecule has 1 unspecified atom stereocenters. The van der Waals surface area contributed by atoms with Gasteiger partial charge in [-0.2, -0.15) is 0 Å². The van der Waals surface area contributed by atoms with Gasteiger partial charge in [-0.05, 0) is 0 Å². The number of carbonyl (C=O) groups excluding carboxylic acids is 1. The minimum absolute atomic E-state index is 0. The normalized spacial score (nSPS) is 13.3. The molecule has 0 aromatic rings. The van der Waals surface area contributed by atoms with Crippen molar-refractivity contribution < 1.29 is 71.5 Å². The van der Waals surface area contributed by atoms with E-state index in [4.69, 9.17) is 10.2 Å². The molecule has 0 saturated heterocycles. The molecular formula is C6H7AuCuO7. The number of hydrogen-bond acceptors (Lipinski definition) is 5. The van der Waals surface area contributed by atoms with Crippen LogP contribution in [0.2, 0.25) is 0 Å². The first-order valence-corrected chi connectivity index (χ1v) is 4.16. The van der Waals surface area contributed by atoms with Crippen molar-refractivity contribution in [3.63, 3.8) is 0 Å². The molecule has 15 heavy (non-hydrogen) atoms. The van der Waals surface area contributed by atoms with Gasteiger partial charge in [-0.15, -0.1) is 0 Å². The fourth-order valence-electron chi connectivity index (χ4n) is 0.724. The number of aliphatic hydroxyl groups is 1. The fraction of sp³-hybridized carbons (Fsp3) is 0.500. The van der Waals surface area contributed by atoms with Crippen LogP contribution in [0, 0.1) is 0 Å². The van der Waals surface area contributed by atoms with E-state index < -0.39 is 36.4 Å². The fourth-order valence-corrected chi connectivity index (χ4v) is 0.881. The van der Waals surface area contributed by atoms with Gasteiger partial charge in [-0.1, -0.05) is 0 Å². The second-order valence-corrected chi connectivity index (χ2v) is 2.96. The van der Waals surface area contributed by atoms with Crippen molar-refractivity contribution in [3.8, 4) is 0 Å². The van der Waals surface area contributed by atoms with Crippen molar-refractivity contribution in [1.82, 2.24) is 0 Å². The first kappa shape index (κ1) is 17.0. The van der Waals surface area contributed by atoms with Gasteiger partial charge in [0.25, 0.3) is 0 Å². The Morgan fingerprint density at radius 1 is 1.20 bits per heavy atom. The smallest absolute Gasteiger partial charge is 0 e. The third-order valence-corrected chi connectivity index (χ3v) is 1.84. The summed E-state index contributed by atoms with van der Waals surface area (Å²) >= 11 is 1.38. The number of hydrogen-bond donors (Lipinski definition) is 3. The predicted octanol–water partition coefficient (Wildman–Crippen LogP) is -1.33. The summed E-state index contributed by atoms with van der Waals surface area (Å²) in [7, 11) is 0. The van der Waals surface area contributed by atoms with Gasteiger partial charge in [-0.3, -0.25) is 0 Å². The van der Waals surface area contributed by atoms with Crippen molar-refractivity contribution in [2.24, 2.45) is 0 Å². The molecule has 0 spiro atoms. The van der Waals surface area contributed by atoms with Gasteiger partial charge >= 0.3 is 90.8 Å². The van der Waals surface area contributed by atoms with E-state index >= 15 is 0 Å². The molecule has 95 valence electrons. The second kappa shape index (κ2) is 6.99. The molecule has 0 aliphatic carbocycles. The molecular weight excluding hydrogens is 445 g/mol. The summed E-state index contributed by atoms with van der Waals surface area (Å²) in [6, 6.07) is 0. The Bertz CT molecular complexity index is 268. The summed E-state index contributed by atoms with van der Waals surface area (Å²) < 4.78 is 4.07. The molecule has 0 fully saturated rings. The van der Waals surface area contributed by atoms with E-state index in [0.29, 0.717) is 0 Å². The third kappa shape index (κ3) is 5.93. The summed E-state index contributed by atoms with van der Waals surface area (Å²) in [4.78, 5) is 31.4. The standard InChI is InChI=1S/C6H8O7.Au.Cu/c7-3(8)1-6(13,5(11)12)2-4(9)10;;/h13H,1-2H2,(H,7,8)(H,9,10)(H,11,12);;/q;+1;/p-1. The molecule has 0 saturated carbocycles. The van der Waals surface area contributed by atoms with Crippen LogP contribution < -0.4 is 0 Å². The Hall–Kier alpha value is -0.370. The van der Waals surface area contributed by atoms with Gasteiger partial charge in [-0.25, -0.2) is 0 Å². The average Bonchev–Trinajstić information content (AvgIpc) is 2.02. The van der Waals surface area contributed by atoms with Crippen LogP contribution in [0.4, 0.5) is 0 Å². The number of rotatable bonds is 5. The SMILES string of the molecule is O=C(O)CC(O)(CC(=O)[O][Au])C(=O)O.[Cu]. The van der Waals surface area contributed by atoms with Crippen LogP contribution in [0.3, 0.4) is 0 Å². The van der Waals surface area contributed by atoms with Gasteiger partial charge in [0.05, 0.1) is 0 Å². The van der Waals surface area contributed by atoms with Crippen LogP contribution >= 0.6 is 0 Å². The first-order valence-electron chi connectivity index (χ1n) is 3.27. The zero-order valence-electron chi connectivity index (χ0n) is 6.99. The van der Waals surface area contributed by atoms with Crippen molar-refractivity contribution in [1.29, 1.82) is 0 Å². The van der Waals surface area contributed by atoms with E-state index in [1.165, 1.54) is 21.5 Å². The van der Waals surface area contributed by atoms with Gasteiger partial charge in [0.1, 0.15) is 0 Å². The largest absolute Gasteiger partial charge is 0 e. The van der Waals surface area contributed by atoms with Gasteiger partial charge in [0.2, 0.25) is 0 Å². The van der Waals surface area contributed by atoms with Gasteiger partial charge in [0, 0.05) is 17.1 Å². The average molecular weight is 452 g/mol. The summed E-state index contributed by atoms with van der Waals surface area (Å²) in [5.41, 5.74) is -2.62. The topological polar surface area (TPSA) is 121 Å². The summed E-state index contributed by atoms with van der Waals surface area (Å²) in [5.74, 6) is -4.31. The molecule has 0 aromatic carbocycles. The molecule has 1 radical (unpaired) electrons. The van der Waals surface area contributed by atoms with Gasteiger partial charge < -0.3 is 0 Å². The van der Waals surface area contributed by atoms with E-state index in [-0.39, 0.29) is 17.1 Å². The number of carbonyl (C=O) groups is 3. The molecule has 0 aromatic heterocycles. The molecule has 9 heteroatoms. The van der Waals surface area contributed by atoms with E-state index in [1.54, 1.807) is 0 Å². The molecule has 0 bridgehead atoms. The number of carboxylic acids is 2. The maximum atomic E-state index is 10.7. The monoisotopic (exact) mass is 451 g/mol. The Balaban J connectivity index is 0. The van der Waals surface area contributed by atoms with Crippen LogP contribution in [0.5, 0.6) is 0 Å². The molecule has 0 amide bonds. The van der Waals surface area contributed by atoms with Gasteiger partial charge in [0.15, 0.2) is 0 Å². The molecule has 0 aliphatic heterocycles. The second-order valence-electron chi connectivity index (χ2n) is 2.52. The van der Waals surface area contributed by atoms with Crippen LogP contribution in [-0.4, -0.2) is 38.8 Å². The Kier molecular flexibility index (Phi) is 7.95. The molecule has 0 rings (SSSR count). The predicted molar refractivity (Wildman–Crippen MR) is 35.5 cm³/mol. The summed E-state index contributed by atoms with van der Waals surface area (Å²) in [5, 5.41) is 26.1. The Morgan fingerprint density at radius 3 is 1.93 bits per heavy atom. The van der Waals surface area contributed by atoms with Crippen LogP contribution in [0.15, 0.2) is 0 Å². The van der Waals surface area contributed by atoms with Crippen LogP contribution in [0.25, 0.3) is 0 Å². The third-order valence-electron chi connectivity index (χ3n) is 1.35. The van der Waals surface area contributed by atoms with Crippen molar-refractivity contribution in [3.05, 3.63) is 0 Å². The Labute approximate surface area is 108 Å². The maximum absolute atomic E-state index is 10.7. The van der Waals surface area contributed by atoms with Crippen molar-refractivity contribution in [2.75, 3.05) is 0 Å². The van der Waals surface area contributed by atoms with Crippen molar-refractivity contribution in [2.45, 2.75) is 18.4 Å². The van der Waals surface area contributed by atoms with Crippen LogP contribution in [-0.2, 0) is 56.2 Å². The van der Waals surface area contributed by atoms with E-state index in [9.17, 15) is 19.5 Å². The molecule has 1 atom stereocenters. The molecule has 0 heterocycles. The molecule has 7 nitrogen and oxygen atoms in total. The quantitative estimate of drug-likeness (QED) is 0.443. The molecule has 0 aliphatic rings. The Morgan fingerprint density at radius 2 is 1.67 bits per heavy atom. The summed E-state index contributed by atoms with van der Waals surface area (Å²) in [6.07, 6.45) is -1.98. The molecule has 3 N–H and O–H groups in total. The zero-order valence-corrected chi connectivity index (χ0v) is 10.1.